The molecule has 1 saturated carbocycles. The highest BCUT2D eigenvalue weighted by Crippen LogP contribution is 2.37. The van der Waals surface area contributed by atoms with Crippen molar-refractivity contribution in [2.45, 2.75) is 50.7 Å². The first kappa shape index (κ1) is 25.2. The summed E-state index contributed by atoms with van der Waals surface area (Å²) in [4.78, 5) is 28.6. The van der Waals surface area contributed by atoms with E-state index in [-0.39, 0.29) is 29.3 Å². The molecule has 2 atom stereocenters. The molecule has 36 heavy (non-hydrogen) atoms. The molecule has 7 nitrogen and oxygen atoms in total. The molecule has 0 spiro atoms. The summed E-state index contributed by atoms with van der Waals surface area (Å²) in [7, 11) is 3.49. The molecule has 1 amide bonds. The molecule has 192 valence electrons. The molecule has 3 heterocycles. The second-order valence-electron chi connectivity index (χ2n) is 10.1. The summed E-state index contributed by atoms with van der Waals surface area (Å²) in [6.45, 7) is 3.68. The minimum absolute atomic E-state index is 0.0255. The third kappa shape index (κ3) is 5.17. The van der Waals surface area contributed by atoms with E-state index in [9.17, 15) is 9.59 Å². The summed E-state index contributed by atoms with van der Waals surface area (Å²) in [5.41, 5.74) is 3.30. The molecule has 1 saturated heterocycles. The third-order valence-electron chi connectivity index (χ3n) is 7.65. The van der Waals surface area contributed by atoms with Crippen molar-refractivity contribution in [3.05, 3.63) is 68.7 Å². The van der Waals surface area contributed by atoms with Crippen molar-refractivity contribution in [1.82, 2.24) is 19.4 Å². The van der Waals surface area contributed by atoms with Crippen LogP contribution in [0.4, 0.5) is 0 Å². The Labute approximate surface area is 220 Å². The van der Waals surface area contributed by atoms with Crippen molar-refractivity contribution in [2.75, 3.05) is 26.8 Å². The van der Waals surface area contributed by atoms with Gasteiger partial charge in [0.05, 0.1) is 5.92 Å². The van der Waals surface area contributed by atoms with Crippen molar-refractivity contribution in [3.8, 4) is 0 Å². The van der Waals surface area contributed by atoms with E-state index in [0.717, 1.165) is 48.8 Å². The Morgan fingerprint density at radius 1 is 1.25 bits per heavy atom. The molecule has 1 N–H and O–H groups in total. The maximum atomic E-state index is 14.1. The van der Waals surface area contributed by atoms with Gasteiger partial charge >= 0.3 is 0 Å². The lowest BCUT2D eigenvalue weighted by Crippen LogP contribution is -2.47. The SMILES string of the molecule is COCCCn1cc(CN(C(=O)[C@H]2CNCC[C@@H]2c2ccn(C)c(=O)c2)C2CC2)c2c(Br)cccc21. The number of hydrogen-bond donors (Lipinski definition) is 1. The zero-order chi connectivity index (χ0) is 25.2. The lowest BCUT2D eigenvalue weighted by atomic mass is 9.80. The number of halogens is 1. The summed E-state index contributed by atoms with van der Waals surface area (Å²) in [6.07, 6.45) is 7.92. The lowest BCUT2D eigenvalue weighted by molar-refractivity contribution is -0.138. The van der Waals surface area contributed by atoms with Gasteiger partial charge in [0.2, 0.25) is 5.91 Å². The smallest absolute Gasteiger partial charge is 0.250 e. The van der Waals surface area contributed by atoms with Crippen molar-refractivity contribution >= 4 is 32.7 Å². The fraction of sp³-hybridized carbons (Fsp3) is 0.500. The Kier molecular flexibility index (Phi) is 7.65. The van der Waals surface area contributed by atoms with Gasteiger partial charge in [0.15, 0.2) is 0 Å². The second-order valence-corrected chi connectivity index (χ2v) is 11.0. The molecular weight excluding hydrogens is 520 g/mol. The number of aromatic nitrogens is 2. The van der Waals surface area contributed by atoms with Crippen LogP contribution in [0.15, 0.2) is 52.0 Å². The van der Waals surface area contributed by atoms with E-state index < -0.39 is 0 Å². The van der Waals surface area contributed by atoms with Crippen LogP contribution in [0.2, 0.25) is 0 Å². The summed E-state index contributed by atoms with van der Waals surface area (Å²) in [5.74, 6) is 0.0729. The quantitative estimate of drug-likeness (QED) is 0.405. The van der Waals surface area contributed by atoms with Crippen molar-refractivity contribution in [3.63, 3.8) is 0 Å². The van der Waals surface area contributed by atoms with Crippen molar-refractivity contribution in [1.29, 1.82) is 0 Å². The number of fused-ring (bicyclic) bond motifs is 1. The molecular formula is C28H35BrN4O3. The predicted octanol–water partition coefficient (Wildman–Crippen LogP) is 4.02. The fourth-order valence-corrected chi connectivity index (χ4v) is 6.17. The Hall–Kier alpha value is -2.42. The highest BCUT2D eigenvalue weighted by molar-refractivity contribution is 9.10. The maximum Gasteiger partial charge on any atom is 0.250 e. The Morgan fingerprint density at radius 3 is 2.83 bits per heavy atom. The molecule has 1 aromatic carbocycles. The van der Waals surface area contributed by atoms with E-state index in [1.54, 1.807) is 24.8 Å². The van der Waals surface area contributed by atoms with Gasteiger partial charge in [-0.2, -0.15) is 0 Å². The van der Waals surface area contributed by atoms with Gasteiger partial charge in [-0.1, -0.05) is 22.0 Å². The van der Waals surface area contributed by atoms with Crippen LogP contribution in [-0.2, 0) is 29.7 Å². The summed E-state index contributed by atoms with van der Waals surface area (Å²) in [5, 5.41) is 4.62. The lowest BCUT2D eigenvalue weighted by Gasteiger charge is -2.35. The molecule has 2 aliphatic rings. The molecule has 1 aliphatic carbocycles. The standard InChI is InChI=1S/C28H35BrN4O3/c1-31-13-10-19(15-26(31)34)22-9-11-30-16-23(22)28(35)33(21-7-8-21)18-20-17-32(12-4-14-36-2)25-6-3-5-24(29)27(20)25/h3,5-6,10,13,15,17,21-23,30H,4,7-9,11-12,14,16,18H2,1-2H3/t22-,23+/m1/s1. The minimum atomic E-state index is -0.176. The van der Waals surface area contributed by atoms with Gasteiger partial charge in [0.1, 0.15) is 0 Å². The number of rotatable bonds is 9. The number of nitrogens with one attached hydrogen (secondary N) is 1. The number of ether oxygens (including phenoxy) is 1. The van der Waals surface area contributed by atoms with Gasteiger partial charge in [-0.15, -0.1) is 0 Å². The average molecular weight is 556 g/mol. The van der Waals surface area contributed by atoms with E-state index in [1.165, 1.54) is 16.5 Å². The molecule has 3 aromatic rings. The number of pyridine rings is 1. The van der Waals surface area contributed by atoms with Crippen LogP contribution in [0.3, 0.4) is 0 Å². The molecule has 5 rings (SSSR count). The Balaban J connectivity index is 1.44. The van der Waals surface area contributed by atoms with Crippen molar-refractivity contribution in [2.24, 2.45) is 13.0 Å². The number of carbonyl (C=O) groups excluding carboxylic acids is 1. The largest absolute Gasteiger partial charge is 0.385 e. The van der Waals surface area contributed by atoms with Gasteiger partial charge in [0, 0.05) is 80.3 Å². The van der Waals surface area contributed by atoms with Crippen LogP contribution in [0, 0.1) is 5.92 Å². The third-order valence-corrected chi connectivity index (χ3v) is 8.31. The van der Waals surface area contributed by atoms with Crippen molar-refractivity contribution < 1.29 is 9.53 Å². The number of methoxy groups -OCH3 is 1. The van der Waals surface area contributed by atoms with E-state index >= 15 is 0 Å². The van der Waals surface area contributed by atoms with Crippen LogP contribution in [-0.4, -0.2) is 52.8 Å². The van der Waals surface area contributed by atoms with Crippen LogP contribution >= 0.6 is 15.9 Å². The maximum absolute atomic E-state index is 14.1. The summed E-state index contributed by atoms with van der Waals surface area (Å²) < 4.78 is 10.2. The average Bonchev–Trinajstić information content (AvgIpc) is 3.66. The molecule has 0 radical (unpaired) electrons. The number of benzene rings is 1. The van der Waals surface area contributed by atoms with Gasteiger partial charge < -0.3 is 24.1 Å². The molecule has 0 bridgehead atoms. The molecule has 1 aliphatic heterocycles. The highest BCUT2D eigenvalue weighted by atomic mass is 79.9. The summed E-state index contributed by atoms with van der Waals surface area (Å²) >= 11 is 3.77. The molecule has 2 fully saturated rings. The number of piperidine rings is 1. The molecule has 2 aromatic heterocycles. The van der Waals surface area contributed by atoms with Crippen LogP contribution in [0.25, 0.3) is 10.9 Å². The normalized spacial score (nSPS) is 20.1. The topological polar surface area (TPSA) is 68.5 Å². The fourth-order valence-electron chi connectivity index (χ4n) is 5.56. The molecule has 8 heteroatoms. The monoisotopic (exact) mass is 554 g/mol. The van der Waals surface area contributed by atoms with Crippen LogP contribution in [0.1, 0.15) is 42.7 Å². The Morgan fingerprint density at radius 2 is 2.08 bits per heavy atom. The van der Waals surface area contributed by atoms with E-state index in [1.807, 2.05) is 12.3 Å². The number of carbonyl (C=O) groups is 1. The van der Waals surface area contributed by atoms with E-state index in [0.29, 0.717) is 19.7 Å². The Bertz CT molecular complexity index is 1300. The molecule has 0 unspecified atom stereocenters. The first-order valence-corrected chi connectivity index (χ1v) is 13.7. The second kappa shape index (κ2) is 10.9. The van der Waals surface area contributed by atoms with Gasteiger partial charge in [0.25, 0.3) is 5.56 Å². The van der Waals surface area contributed by atoms with Crippen LogP contribution < -0.4 is 10.9 Å². The van der Waals surface area contributed by atoms with Gasteiger partial charge in [-0.25, -0.2) is 0 Å². The van der Waals surface area contributed by atoms with Gasteiger partial charge in [-0.05, 0) is 67.5 Å². The number of amides is 1. The zero-order valence-corrected chi connectivity index (χ0v) is 22.7. The number of nitrogens with zero attached hydrogens (tertiary/aromatic N) is 3. The number of hydrogen-bond acceptors (Lipinski definition) is 4. The zero-order valence-electron chi connectivity index (χ0n) is 21.1. The number of aryl methyl sites for hydroxylation is 2. The highest BCUT2D eigenvalue weighted by Gasteiger charge is 2.40. The first-order chi connectivity index (χ1) is 17.5. The van der Waals surface area contributed by atoms with E-state index in [4.69, 9.17) is 4.74 Å². The first-order valence-electron chi connectivity index (χ1n) is 12.9. The van der Waals surface area contributed by atoms with E-state index in [2.05, 4.69) is 55.1 Å². The van der Waals surface area contributed by atoms with Crippen LogP contribution in [0.5, 0.6) is 0 Å². The predicted molar refractivity (Wildman–Crippen MR) is 145 cm³/mol. The van der Waals surface area contributed by atoms with Gasteiger partial charge in [-0.3, -0.25) is 9.59 Å². The minimum Gasteiger partial charge on any atom is -0.385 e. The summed E-state index contributed by atoms with van der Waals surface area (Å²) in [6, 6.07) is 10.3.